The maximum absolute atomic E-state index is 12.3. The highest BCUT2D eigenvalue weighted by atomic mass is 16.3. The van der Waals surface area contributed by atoms with E-state index in [-0.39, 0.29) is 0 Å². The van der Waals surface area contributed by atoms with E-state index in [1.807, 2.05) is 37.4 Å². The van der Waals surface area contributed by atoms with E-state index in [4.69, 9.17) is 10.8 Å². The van der Waals surface area contributed by atoms with Gasteiger partial charge in [-0.3, -0.25) is 4.79 Å². The number of amides is 1. The van der Waals surface area contributed by atoms with Crippen LogP contribution in [0.4, 0.5) is 0 Å². The molecule has 1 heterocycles. The van der Waals surface area contributed by atoms with E-state index in [0.717, 1.165) is 22.8 Å². The first-order valence-electron chi connectivity index (χ1n) is 7.79. The van der Waals surface area contributed by atoms with E-state index in [2.05, 4.69) is 4.98 Å². The zero-order valence-corrected chi connectivity index (χ0v) is 13.2. The first-order chi connectivity index (χ1) is 11.1. The Morgan fingerprint density at radius 3 is 2.83 bits per heavy atom. The van der Waals surface area contributed by atoms with Gasteiger partial charge in [0.25, 0.3) is 0 Å². The molecule has 2 aromatic rings. The van der Waals surface area contributed by atoms with Gasteiger partial charge in [-0.25, -0.2) is 0 Å². The highest BCUT2D eigenvalue weighted by Crippen LogP contribution is 2.20. The molecule has 0 unspecified atom stereocenters. The molecule has 0 bridgehead atoms. The Hall–Kier alpha value is -2.18. The number of aromatic nitrogens is 1. The van der Waals surface area contributed by atoms with Gasteiger partial charge < -0.3 is 25.5 Å². The number of aliphatic hydroxyl groups is 1. The molecule has 0 spiro atoms. The number of para-hydroxylation sites is 1. The zero-order valence-electron chi connectivity index (χ0n) is 13.2. The van der Waals surface area contributed by atoms with Crippen molar-refractivity contribution in [2.45, 2.75) is 31.8 Å². The number of fused-ring (bicyclic) bond motifs is 1. The van der Waals surface area contributed by atoms with E-state index in [9.17, 15) is 9.59 Å². The molecule has 0 radical (unpaired) electrons. The fraction of sp³-hybridized carbons (Fsp3) is 0.412. The SMILES string of the molecule is CCCN(C(=O)[C@@H](N)CO)[C@H](C=O)Cc1c[nH]c2ccccc12. The maximum atomic E-state index is 12.3. The molecule has 6 nitrogen and oxygen atoms in total. The molecule has 0 aliphatic rings. The van der Waals surface area contributed by atoms with Gasteiger partial charge in [0, 0.05) is 30.1 Å². The summed E-state index contributed by atoms with van der Waals surface area (Å²) in [5.41, 5.74) is 7.61. The van der Waals surface area contributed by atoms with Crippen LogP contribution < -0.4 is 5.73 Å². The molecule has 2 rings (SSSR count). The number of aldehydes is 1. The smallest absolute Gasteiger partial charge is 0.242 e. The van der Waals surface area contributed by atoms with Crippen molar-refractivity contribution in [2.75, 3.05) is 13.2 Å². The number of benzene rings is 1. The molecule has 1 aromatic heterocycles. The van der Waals surface area contributed by atoms with Crippen molar-refractivity contribution in [2.24, 2.45) is 5.73 Å². The maximum Gasteiger partial charge on any atom is 0.242 e. The Morgan fingerprint density at radius 1 is 1.43 bits per heavy atom. The van der Waals surface area contributed by atoms with Gasteiger partial charge in [-0.15, -0.1) is 0 Å². The summed E-state index contributed by atoms with van der Waals surface area (Å²) >= 11 is 0. The molecule has 4 N–H and O–H groups in total. The molecule has 0 saturated heterocycles. The van der Waals surface area contributed by atoms with Crippen LogP contribution in [-0.4, -0.2) is 52.4 Å². The second-order valence-corrected chi connectivity index (χ2v) is 5.59. The van der Waals surface area contributed by atoms with Crippen molar-refractivity contribution < 1.29 is 14.7 Å². The normalized spacial score (nSPS) is 13.7. The van der Waals surface area contributed by atoms with Crippen LogP contribution in [0.3, 0.4) is 0 Å². The fourth-order valence-electron chi connectivity index (χ4n) is 2.73. The number of aliphatic hydroxyl groups excluding tert-OH is 1. The van der Waals surface area contributed by atoms with Gasteiger partial charge in [0.1, 0.15) is 12.3 Å². The zero-order chi connectivity index (χ0) is 16.8. The standard InChI is InChI=1S/C17H23N3O3/c1-2-7-20(17(23)15(18)11-22)13(10-21)8-12-9-19-16-6-4-3-5-14(12)16/h3-6,9-10,13,15,19,22H,2,7-8,11,18H2,1H3/t13-,15-/m0/s1. The Labute approximate surface area is 135 Å². The lowest BCUT2D eigenvalue weighted by Gasteiger charge is -2.29. The predicted octanol–water partition coefficient (Wildman–Crippen LogP) is 0.836. The molecular formula is C17H23N3O3. The largest absolute Gasteiger partial charge is 0.394 e. The summed E-state index contributed by atoms with van der Waals surface area (Å²) in [7, 11) is 0. The summed E-state index contributed by atoms with van der Waals surface area (Å²) in [4.78, 5) is 28.6. The Balaban J connectivity index is 2.25. The predicted molar refractivity (Wildman–Crippen MR) is 88.9 cm³/mol. The van der Waals surface area contributed by atoms with Crippen LogP contribution >= 0.6 is 0 Å². The second-order valence-electron chi connectivity index (χ2n) is 5.59. The Morgan fingerprint density at radius 2 is 2.17 bits per heavy atom. The summed E-state index contributed by atoms with van der Waals surface area (Å²) in [6.07, 6.45) is 3.76. The third-order valence-electron chi connectivity index (χ3n) is 3.92. The molecule has 124 valence electrons. The number of hydrogen-bond acceptors (Lipinski definition) is 4. The first kappa shape index (κ1) is 17.2. The minimum atomic E-state index is -0.994. The van der Waals surface area contributed by atoms with Gasteiger partial charge in [-0.1, -0.05) is 25.1 Å². The highest BCUT2D eigenvalue weighted by Gasteiger charge is 2.27. The number of carbonyl (C=O) groups excluding carboxylic acids is 2. The summed E-state index contributed by atoms with van der Waals surface area (Å²) in [6, 6.07) is 6.23. The average Bonchev–Trinajstić information content (AvgIpc) is 2.99. The minimum absolute atomic E-state index is 0.397. The van der Waals surface area contributed by atoms with E-state index in [0.29, 0.717) is 19.4 Å². The molecule has 6 heteroatoms. The number of H-pyrrole nitrogens is 1. The lowest BCUT2D eigenvalue weighted by atomic mass is 10.0. The molecule has 1 aromatic carbocycles. The number of nitrogens with two attached hydrogens (primary N) is 1. The summed E-state index contributed by atoms with van der Waals surface area (Å²) in [5, 5.41) is 10.1. The van der Waals surface area contributed by atoms with Gasteiger partial charge in [-0.05, 0) is 18.1 Å². The van der Waals surface area contributed by atoms with E-state index in [1.54, 1.807) is 0 Å². The van der Waals surface area contributed by atoms with Crippen LogP contribution in [0.15, 0.2) is 30.5 Å². The number of hydrogen-bond donors (Lipinski definition) is 3. The van der Waals surface area contributed by atoms with Crippen LogP contribution in [0.25, 0.3) is 10.9 Å². The van der Waals surface area contributed by atoms with Crippen LogP contribution in [0.5, 0.6) is 0 Å². The number of nitrogens with zero attached hydrogens (tertiary/aromatic N) is 1. The molecule has 0 aliphatic carbocycles. The fourth-order valence-corrected chi connectivity index (χ4v) is 2.73. The van der Waals surface area contributed by atoms with Gasteiger partial charge in [0.2, 0.25) is 5.91 Å². The monoisotopic (exact) mass is 317 g/mol. The molecule has 2 atom stereocenters. The number of carbonyl (C=O) groups is 2. The molecule has 23 heavy (non-hydrogen) atoms. The molecule has 0 fully saturated rings. The summed E-state index contributed by atoms with van der Waals surface area (Å²) in [5.74, 6) is -0.397. The van der Waals surface area contributed by atoms with E-state index >= 15 is 0 Å². The molecule has 1 amide bonds. The van der Waals surface area contributed by atoms with Crippen LogP contribution in [0.1, 0.15) is 18.9 Å². The van der Waals surface area contributed by atoms with E-state index < -0.39 is 24.6 Å². The van der Waals surface area contributed by atoms with Crippen LogP contribution in [-0.2, 0) is 16.0 Å². The van der Waals surface area contributed by atoms with Gasteiger partial charge in [-0.2, -0.15) is 0 Å². The van der Waals surface area contributed by atoms with Gasteiger partial charge in [0.15, 0.2) is 0 Å². The van der Waals surface area contributed by atoms with Crippen molar-refractivity contribution in [3.63, 3.8) is 0 Å². The summed E-state index contributed by atoms with van der Waals surface area (Å²) in [6.45, 7) is 1.92. The molecule has 0 aliphatic heterocycles. The number of aromatic amines is 1. The van der Waals surface area contributed by atoms with E-state index in [1.165, 1.54) is 4.90 Å². The third-order valence-corrected chi connectivity index (χ3v) is 3.92. The minimum Gasteiger partial charge on any atom is -0.394 e. The number of rotatable bonds is 8. The lowest BCUT2D eigenvalue weighted by molar-refractivity contribution is -0.138. The van der Waals surface area contributed by atoms with Crippen molar-refractivity contribution in [3.8, 4) is 0 Å². The Kier molecular flexibility index (Phi) is 5.90. The van der Waals surface area contributed by atoms with Crippen molar-refractivity contribution in [1.82, 2.24) is 9.88 Å². The van der Waals surface area contributed by atoms with Crippen molar-refractivity contribution >= 4 is 23.1 Å². The summed E-state index contributed by atoms with van der Waals surface area (Å²) < 4.78 is 0. The van der Waals surface area contributed by atoms with Crippen LogP contribution in [0.2, 0.25) is 0 Å². The topological polar surface area (TPSA) is 99.4 Å². The average molecular weight is 317 g/mol. The van der Waals surface area contributed by atoms with Gasteiger partial charge in [0.05, 0.1) is 12.6 Å². The first-order valence-corrected chi connectivity index (χ1v) is 7.79. The van der Waals surface area contributed by atoms with Gasteiger partial charge >= 0.3 is 0 Å². The van der Waals surface area contributed by atoms with Crippen molar-refractivity contribution in [1.29, 1.82) is 0 Å². The lowest BCUT2D eigenvalue weighted by Crippen LogP contribution is -2.51. The Bertz CT molecular complexity index is 668. The highest BCUT2D eigenvalue weighted by molar-refractivity contribution is 5.86. The number of nitrogens with one attached hydrogen (secondary N) is 1. The third kappa shape index (κ3) is 3.78. The molecule has 0 saturated carbocycles. The molecular weight excluding hydrogens is 294 g/mol. The van der Waals surface area contributed by atoms with Crippen LogP contribution in [0, 0.1) is 0 Å². The van der Waals surface area contributed by atoms with Crippen molar-refractivity contribution in [3.05, 3.63) is 36.0 Å². The quantitative estimate of drug-likeness (QED) is 0.628. The second kappa shape index (κ2) is 7.89.